The summed E-state index contributed by atoms with van der Waals surface area (Å²) < 4.78 is 0. The molecule has 0 spiro atoms. The molecule has 0 aliphatic heterocycles. The molecule has 0 saturated heterocycles. The molecule has 0 aliphatic carbocycles. The van der Waals surface area contributed by atoms with Crippen molar-refractivity contribution in [1.82, 2.24) is 0 Å². The maximum absolute atomic E-state index is 0. The zero-order valence-corrected chi connectivity index (χ0v) is 1.00. The molecule has 0 aliphatic rings. The average molecular weight is 118 g/mol. The van der Waals surface area contributed by atoms with Gasteiger partial charge >= 0.3 is 89.1 Å². The molecule has 0 aromatic heterocycles. The van der Waals surface area contributed by atoms with Gasteiger partial charge in [-0.1, -0.05) is 0 Å². The monoisotopic (exact) mass is 118 g/mol. The van der Waals surface area contributed by atoms with Crippen LogP contribution in [0.2, 0.25) is 0 Å². The first-order valence-corrected chi connectivity index (χ1v) is 0. The van der Waals surface area contributed by atoms with Crippen LogP contribution in [0.3, 0.4) is 0 Å². The summed E-state index contributed by atoms with van der Waals surface area (Å²) in [5, 5.41) is 0. The van der Waals surface area contributed by atoms with Crippen LogP contribution in [0.25, 0.3) is 0 Å². The quantitative estimate of drug-likeness (QED) is 0.301. The molecular weight excluding hydrogens is 111 g/mol. The molecule has 4 heteroatoms. The first-order chi connectivity index (χ1) is 0. The van der Waals surface area contributed by atoms with Crippen LogP contribution in [0.5, 0.6) is 0 Å². The van der Waals surface area contributed by atoms with Crippen molar-refractivity contribution in [2.45, 2.75) is 0 Å². The predicted molar refractivity (Wildman–Crippen MR) is 22.9 cm³/mol. The van der Waals surface area contributed by atoms with Crippen molar-refractivity contribution in [3.63, 3.8) is 0 Å². The molecule has 0 radical (unpaired) electrons. The standard InChI is InChI=1S/Ca.K.2H2O.3H/h;;2*1H2;;;. The first-order valence-electron chi connectivity index (χ1n) is 0. The summed E-state index contributed by atoms with van der Waals surface area (Å²) >= 11 is 0. The van der Waals surface area contributed by atoms with E-state index < -0.39 is 0 Å². The summed E-state index contributed by atoms with van der Waals surface area (Å²) in [7, 11) is 0. The van der Waals surface area contributed by atoms with Crippen molar-refractivity contribution in [3.8, 4) is 0 Å². The van der Waals surface area contributed by atoms with Crippen LogP contribution >= 0.6 is 0 Å². The third-order valence-corrected chi connectivity index (χ3v) is 0. The van der Waals surface area contributed by atoms with Crippen LogP contribution in [-0.2, 0) is 0 Å². The van der Waals surface area contributed by atoms with E-state index in [1.807, 2.05) is 0 Å². The Kier molecular flexibility index (Phi) is 124. The van der Waals surface area contributed by atoms with Crippen molar-refractivity contribution in [1.29, 1.82) is 0 Å². The molecule has 0 unspecified atom stereocenters. The van der Waals surface area contributed by atoms with E-state index in [0.29, 0.717) is 0 Å². The van der Waals surface area contributed by atoms with E-state index in [1.165, 1.54) is 0 Å². The van der Waals surface area contributed by atoms with Crippen molar-refractivity contribution in [3.05, 3.63) is 0 Å². The Bertz CT molecular complexity index is 6.00. The molecule has 0 saturated carbocycles. The SMILES string of the molecule is O.O.[CaH2].[KH]. The van der Waals surface area contributed by atoms with Crippen molar-refractivity contribution < 1.29 is 11.0 Å². The van der Waals surface area contributed by atoms with Gasteiger partial charge in [-0.2, -0.15) is 0 Å². The zero-order valence-electron chi connectivity index (χ0n) is 1.00. The maximum atomic E-state index is 0. The molecule has 0 bridgehead atoms. The van der Waals surface area contributed by atoms with E-state index >= 15 is 0 Å². The molecule has 0 aromatic carbocycles. The Labute approximate surface area is 97.4 Å². The van der Waals surface area contributed by atoms with E-state index in [9.17, 15) is 0 Å². The van der Waals surface area contributed by atoms with Gasteiger partial charge in [0, 0.05) is 0 Å². The first kappa shape index (κ1) is 29.1. The number of rotatable bonds is 0. The van der Waals surface area contributed by atoms with Gasteiger partial charge < -0.3 is 11.0 Å². The summed E-state index contributed by atoms with van der Waals surface area (Å²) in [4.78, 5) is 0. The topological polar surface area (TPSA) is 63.0 Å². The Hall–Kier alpha value is 2.82. The molecule has 4 N–H and O–H groups in total. The van der Waals surface area contributed by atoms with Crippen LogP contribution in [-0.4, -0.2) is 100 Å². The van der Waals surface area contributed by atoms with Gasteiger partial charge in [0.1, 0.15) is 0 Å². The van der Waals surface area contributed by atoms with Gasteiger partial charge in [-0.15, -0.1) is 0 Å². The van der Waals surface area contributed by atoms with E-state index in [1.54, 1.807) is 0 Å². The number of hydrogen-bond donors (Lipinski definition) is 0. The van der Waals surface area contributed by atoms with E-state index in [4.69, 9.17) is 0 Å². The predicted octanol–water partition coefficient (Wildman–Crippen LogP) is -3.21. The molecule has 0 atom stereocenters. The van der Waals surface area contributed by atoms with Crippen molar-refractivity contribution in [2.75, 3.05) is 0 Å². The zero-order chi connectivity index (χ0) is 0. The molecule has 22 valence electrons. The molecule has 0 rings (SSSR count). The number of hydrogen-bond acceptors (Lipinski definition) is 0. The minimum absolute atomic E-state index is 0. The van der Waals surface area contributed by atoms with Crippen molar-refractivity contribution in [2.24, 2.45) is 0 Å². The Morgan fingerprint density at radius 2 is 0.750 bits per heavy atom. The van der Waals surface area contributed by atoms with Crippen LogP contribution in [0.4, 0.5) is 0 Å². The van der Waals surface area contributed by atoms with Gasteiger partial charge in [-0.25, -0.2) is 0 Å². The normalized spacial score (nSPS) is 0. The van der Waals surface area contributed by atoms with Crippen LogP contribution in [0.15, 0.2) is 0 Å². The van der Waals surface area contributed by atoms with Gasteiger partial charge in [0.25, 0.3) is 0 Å². The summed E-state index contributed by atoms with van der Waals surface area (Å²) in [5.41, 5.74) is 0. The van der Waals surface area contributed by atoms with Crippen LogP contribution in [0, 0.1) is 0 Å². The second kappa shape index (κ2) is 17.0. The van der Waals surface area contributed by atoms with E-state index in [2.05, 4.69) is 0 Å². The van der Waals surface area contributed by atoms with Crippen LogP contribution < -0.4 is 0 Å². The Balaban J connectivity index is 0. The molecule has 2 nitrogen and oxygen atoms in total. The van der Waals surface area contributed by atoms with Gasteiger partial charge in [0.05, 0.1) is 0 Å². The molecule has 0 aromatic rings. The third kappa shape index (κ3) is 8.84. The molecule has 0 amide bonds. The average Bonchev–Trinajstić information content (AvgIpc) is 0. The van der Waals surface area contributed by atoms with Crippen LogP contribution in [0.1, 0.15) is 0 Å². The van der Waals surface area contributed by atoms with Gasteiger partial charge in [-0.3, -0.25) is 0 Å². The Morgan fingerprint density at radius 1 is 0.750 bits per heavy atom. The summed E-state index contributed by atoms with van der Waals surface area (Å²) in [6.07, 6.45) is 0. The fourth-order valence-electron chi connectivity index (χ4n) is 0. The minimum atomic E-state index is 0. The molecule has 0 heterocycles. The van der Waals surface area contributed by atoms with Gasteiger partial charge in [0.2, 0.25) is 0 Å². The second-order valence-corrected chi connectivity index (χ2v) is 0. The second-order valence-electron chi connectivity index (χ2n) is 0. The van der Waals surface area contributed by atoms with E-state index in [0.717, 1.165) is 0 Å². The van der Waals surface area contributed by atoms with Gasteiger partial charge in [0.15, 0.2) is 0 Å². The molecule has 0 fully saturated rings. The summed E-state index contributed by atoms with van der Waals surface area (Å²) in [5.74, 6) is 0. The fourth-order valence-corrected chi connectivity index (χ4v) is 0. The van der Waals surface area contributed by atoms with Gasteiger partial charge in [-0.05, 0) is 0 Å². The molecular formula is H7CaKO2. The molecule has 4 heavy (non-hydrogen) atoms. The van der Waals surface area contributed by atoms with Crippen molar-refractivity contribution >= 4 is 89.1 Å². The summed E-state index contributed by atoms with van der Waals surface area (Å²) in [6.45, 7) is 0. The summed E-state index contributed by atoms with van der Waals surface area (Å²) in [6, 6.07) is 0. The third-order valence-electron chi connectivity index (χ3n) is 0. The fraction of sp³-hybridized carbons (Fsp3) is 0. The Morgan fingerprint density at radius 3 is 0.750 bits per heavy atom. The van der Waals surface area contributed by atoms with E-state index in [-0.39, 0.29) is 100 Å².